The van der Waals surface area contributed by atoms with Gasteiger partial charge in [-0.15, -0.1) is 0 Å². The Labute approximate surface area is 116 Å². The Morgan fingerprint density at radius 2 is 2.10 bits per heavy atom. The first-order valence-corrected chi connectivity index (χ1v) is 6.53. The summed E-state index contributed by atoms with van der Waals surface area (Å²) in [4.78, 5) is 14.0. The summed E-state index contributed by atoms with van der Waals surface area (Å²) in [5.74, 6) is -0.177. The van der Waals surface area contributed by atoms with Crippen molar-refractivity contribution >= 4 is 16.7 Å². The summed E-state index contributed by atoms with van der Waals surface area (Å²) in [5.41, 5.74) is 1.33. The van der Waals surface area contributed by atoms with Gasteiger partial charge >= 0.3 is 0 Å². The molecule has 0 spiro atoms. The summed E-state index contributed by atoms with van der Waals surface area (Å²) in [6.07, 6.45) is -0.657. The Kier molecular flexibility index (Phi) is 2.92. The maximum atomic E-state index is 12.6. The van der Waals surface area contributed by atoms with Crippen molar-refractivity contribution in [1.29, 1.82) is 5.26 Å². The second-order valence-corrected chi connectivity index (χ2v) is 5.09. The van der Waals surface area contributed by atoms with Crippen molar-refractivity contribution in [3.63, 3.8) is 0 Å². The van der Waals surface area contributed by atoms with Crippen LogP contribution >= 0.6 is 0 Å². The molecule has 1 heterocycles. The molecule has 20 heavy (non-hydrogen) atoms. The highest BCUT2D eigenvalue weighted by molar-refractivity contribution is 6.11. The monoisotopic (exact) mass is 266 g/mol. The van der Waals surface area contributed by atoms with Crippen molar-refractivity contribution in [1.82, 2.24) is 4.90 Å². The number of amides is 1. The number of fused-ring (bicyclic) bond motifs is 3. The molecule has 3 rings (SSSR count). The average molecular weight is 266 g/mol. The first-order valence-electron chi connectivity index (χ1n) is 6.53. The fourth-order valence-corrected chi connectivity index (χ4v) is 2.80. The molecular weight excluding hydrogens is 252 g/mol. The van der Waals surface area contributed by atoms with Gasteiger partial charge < -0.3 is 10.0 Å². The lowest BCUT2D eigenvalue weighted by Gasteiger charge is -2.21. The Morgan fingerprint density at radius 1 is 1.35 bits per heavy atom. The Bertz CT molecular complexity index is 731. The van der Waals surface area contributed by atoms with Gasteiger partial charge in [0.05, 0.1) is 17.7 Å². The number of β-amino-alcohol motifs (C(OH)–C–C–N with tert-alkyl or cyclic N) is 1. The van der Waals surface area contributed by atoms with E-state index in [0.717, 1.165) is 16.3 Å². The van der Waals surface area contributed by atoms with Gasteiger partial charge in [0, 0.05) is 12.1 Å². The van der Waals surface area contributed by atoms with Crippen LogP contribution in [-0.2, 0) is 0 Å². The van der Waals surface area contributed by atoms with Crippen LogP contribution in [-0.4, -0.2) is 28.6 Å². The van der Waals surface area contributed by atoms with Gasteiger partial charge in [0.15, 0.2) is 0 Å². The van der Waals surface area contributed by atoms with Crippen LogP contribution in [0, 0.1) is 11.3 Å². The molecule has 0 saturated heterocycles. The Morgan fingerprint density at radius 3 is 2.80 bits per heavy atom. The number of nitriles is 1. The lowest BCUT2D eigenvalue weighted by Crippen LogP contribution is -2.33. The van der Waals surface area contributed by atoms with Crippen molar-refractivity contribution in [3.8, 4) is 6.07 Å². The van der Waals surface area contributed by atoms with Crippen LogP contribution < -0.4 is 0 Å². The van der Waals surface area contributed by atoms with Gasteiger partial charge in [-0.3, -0.25) is 4.79 Å². The lowest BCUT2D eigenvalue weighted by molar-refractivity contribution is 0.0642. The number of nitrogens with zero attached hydrogens (tertiary/aromatic N) is 2. The summed E-state index contributed by atoms with van der Waals surface area (Å²) < 4.78 is 0. The molecule has 0 aromatic heterocycles. The number of hydrogen-bond donors (Lipinski definition) is 1. The predicted molar refractivity (Wildman–Crippen MR) is 75.0 cm³/mol. The fourth-order valence-electron chi connectivity index (χ4n) is 2.80. The summed E-state index contributed by atoms with van der Waals surface area (Å²) in [6, 6.07) is 13.0. The molecule has 100 valence electrons. The van der Waals surface area contributed by atoms with E-state index in [-0.39, 0.29) is 12.5 Å². The van der Waals surface area contributed by atoms with E-state index < -0.39 is 12.1 Å². The van der Waals surface area contributed by atoms with Crippen LogP contribution in [0.3, 0.4) is 0 Å². The van der Waals surface area contributed by atoms with Crippen LogP contribution in [0.2, 0.25) is 0 Å². The first-order chi connectivity index (χ1) is 9.63. The minimum atomic E-state index is -0.657. The molecule has 2 aromatic rings. The maximum Gasteiger partial charge on any atom is 0.256 e. The molecule has 0 aliphatic carbocycles. The largest absolute Gasteiger partial charge is 0.392 e. The number of aliphatic hydroxyl groups is 1. The molecule has 0 radical (unpaired) electrons. The van der Waals surface area contributed by atoms with E-state index in [1.54, 1.807) is 6.92 Å². The first kappa shape index (κ1) is 12.6. The van der Waals surface area contributed by atoms with Crippen LogP contribution in [0.4, 0.5) is 0 Å². The summed E-state index contributed by atoms with van der Waals surface area (Å²) >= 11 is 0. The van der Waals surface area contributed by atoms with E-state index in [0.29, 0.717) is 5.56 Å². The number of carbonyl (C=O) groups excluding carboxylic acids is 1. The number of hydrogen-bond acceptors (Lipinski definition) is 3. The highest BCUT2D eigenvalue weighted by atomic mass is 16.3. The van der Waals surface area contributed by atoms with Gasteiger partial charge in [-0.05, 0) is 17.7 Å². The number of carbonyl (C=O) groups is 1. The van der Waals surface area contributed by atoms with Crippen molar-refractivity contribution in [2.24, 2.45) is 0 Å². The molecule has 2 atom stereocenters. The molecule has 4 nitrogen and oxygen atoms in total. The van der Waals surface area contributed by atoms with E-state index in [4.69, 9.17) is 0 Å². The van der Waals surface area contributed by atoms with E-state index in [9.17, 15) is 15.2 Å². The average Bonchev–Trinajstić information content (AvgIpc) is 2.71. The number of aliphatic hydroxyl groups excluding tert-OH is 1. The Balaban J connectivity index is 2.21. The van der Waals surface area contributed by atoms with Gasteiger partial charge in [0.2, 0.25) is 0 Å². The lowest BCUT2D eigenvalue weighted by atomic mass is 9.98. The smallest absolute Gasteiger partial charge is 0.256 e. The molecule has 2 aromatic carbocycles. The third-order valence-corrected chi connectivity index (χ3v) is 3.63. The molecule has 1 aliphatic rings. The van der Waals surface area contributed by atoms with E-state index in [2.05, 4.69) is 6.07 Å². The third-order valence-electron chi connectivity index (χ3n) is 3.63. The summed E-state index contributed by atoms with van der Waals surface area (Å²) in [5, 5.41) is 20.7. The molecule has 1 N–H and O–H groups in total. The van der Waals surface area contributed by atoms with Gasteiger partial charge in [0.1, 0.15) is 6.04 Å². The summed E-state index contributed by atoms with van der Waals surface area (Å²) in [7, 11) is 0. The third kappa shape index (κ3) is 1.75. The molecule has 4 heteroatoms. The van der Waals surface area contributed by atoms with Crippen molar-refractivity contribution in [2.75, 3.05) is 6.54 Å². The highest BCUT2D eigenvalue weighted by Crippen LogP contribution is 2.37. The standard InChI is InChI=1S/C16H14N2O2/c1-10(19)9-18-14(8-17)13-7-6-11-4-2-3-5-12(11)15(13)16(18)20/h2-7,10,14,19H,9H2,1H3. The molecular formula is C16H14N2O2. The van der Waals surface area contributed by atoms with Crippen LogP contribution in [0.1, 0.15) is 28.9 Å². The zero-order valence-corrected chi connectivity index (χ0v) is 11.1. The number of benzene rings is 2. The fraction of sp³-hybridized carbons (Fsp3) is 0.250. The maximum absolute atomic E-state index is 12.6. The van der Waals surface area contributed by atoms with E-state index >= 15 is 0 Å². The van der Waals surface area contributed by atoms with Crippen LogP contribution in [0.15, 0.2) is 36.4 Å². The SMILES string of the molecule is CC(O)CN1C(=O)c2c(ccc3ccccc23)C1C#N. The van der Waals surface area contributed by atoms with Gasteiger partial charge in [-0.1, -0.05) is 36.4 Å². The van der Waals surface area contributed by atoms with Gasteiger partial charge in [-0.2, -0.15) is 5.26 Å². The molecule has 2 unspecified atom stereocenters. The second kappa shape index (κ2) is 4.62. The summed E-state index contributed by atoms with van der Waals surface area (Å²) in [6.45, 7) is 1.78. The van der Waals surface area contributed by atoms with E-state index in [1.807, 2.05) is 36.4 Å². The predicted octanol–water partition coefficient (Wildman–Crippen LogP) is 2.24. The van der Waals surface area contributed by atoms with Crippen LogP contribution in [0.25, 0.3) is 10.8 Å². The van der Waals surface area contributed by atoms with Gasteiger partial charge in [0.25, 0.3) is 5.91 Å². The topological polar surface area (TPSA) is 64.3 Å². The zero-order valence-electron chi connectivity index (χ0n) is 11.1. The number of rotatable bonds is 2. The Hall–Kier alpha value is -2.38. The minimum Gasteiger partial charge on any atom is -0.392 e. The van der Waals surface area contributed by atoms with Crippen molar-refractivity contribution in [3.05, 3.63) is 47.5 Å². The quantitative estimate of drug-likeness (QED) is 0.906. The van der Waals surface area contributed by atoms with Crippen molar-refractivity contribution in [2.45, 2.75) is 19.1 Å². The molecule has 0 fully saturated rings. The normalized spacial score (nSPS) is 18.9. The van der Waals surface area contributed by atoms with Crippen molar-refractivity contribution < 1.29 is 9.90 Å². The van der Waals surface area contributed by atoms with Gasteiger partial charge in [-0.25, -0.2) is 0 Å². The van der Waals surface area contributed by atoms with Crippen LogP contribution in [0.5, 0.6) is 0 Å². The minimum absolute atomic E-state index is 0.167. The zero-order chi connectivity index (χ0) is 14.3. The molecule has 1 amide bonds. The molecule has 0 saturated carbocycles. The molecule has 1 aliphatic heterocycles. The molecule has 0 bridgehead atoms. The highest BCUT2D eigenvalue weighted by Gasteiger charge is 2.38. The van der Waals surface area contributed by atoms with E-state index in [1.165, 1.54) is 4.90 Å². The second-order valence-electron chi connectivity index (χ2n) is 5.09.